The van der Waals surface area contributed by atoms with Crippen LogP contribution in [0, 0.1) is 0 Å². The van der Waals surface area contributed by atoms with Gasteiger partial charge in [0, 0.05) is 55.9 Å². The van der Waals surface area contributed by atoms with Crippen molar-refractivity contribution in [1.82, 2.24) is 14.5 Å². The number of hydrogen-bond donors (Lipinski definition) is 3. The molecule has 1 atom stereocenters. The minimum absolute atomic E-state index is 0.202. The van der Waals surface area contributed by atoms with E-state index in [1.165, 1.54) is 13.1 Å². The van der Waals surface area contributed by atoms with Crippen LogP contribution in [-0.2, 0) is 16.1 Å². The van der Waals surface area contributed by atoms with Gasteiger partial charge >= 0.3 is 0 Å². The number of rotatable bonds is 4. The Morgan fingerprint density at radius 3 is 2.84 bits per heavy atom. The van der Waals surface area contributed by atoms with Gasteiger partial charge in [0.2, 0.25) is 11.5 Å². The molecule has 2 aromatic heterocycles. The Labute approximate surface area is 184 Å². The van der Waals surface area contributed by atoms with Crippen LogP contribution in [0.3, 0.4) is 0 Å². The molecule has 0 saturated carbocycles. The van der Waals surface area contributed by atoms with E-state index >= 15 is 0 Å². The highest BCUT2D eigenvalue weighted by Gasteiger charge is 2.18. The number of morpholine rings is 1. The summed E-state index contributed by atoms with van der Waals surface area (Å²) < 4.78 is 7.45. The van der Waals surface area contributed by atoms with Gasteiger partial charge in [-0.05, 0) is 30.3 Å². The lowest BCUT2D eigenvalue weighted by atomic mass is 10.2. The average molecular weight is 435 g/mol. The number of nitrogens with one attached hydrogen (secondary N) is 2. The predicted octanol–water partition coefficient (Wildman–Crippen LogP) is 1.24. The number of hydrogen-bond acceptors (Lipinski definition) is 8. The molecule has 10 nitrogen and oxygen atoms in total. The van der Waals surface area contributed by atoms with Crippen molar-refractivity contribution in [2.75, 3.05) is 48.4 Å². The molecule has 1 fully saturated rings. The molecule has 3 aromatic rings. The van der Waals surface area contributed by atoms with Crippen LogP contribution in [-0.4, -0.2) is 58.4 Å². The Kier molecular flexibility index (Phi) is 5.46. The lowest BCUT2D eigenvalue weighted by molar-refractivity contribution is -0.114. The van der Waals surface area contributed by atoms with Gasteiger partial charge in [0.25, 0.3) is 0 Å². The van der Waals surface area contributed by atoms with Gasteiger partial charge in [-0.3, -0.25) is 9.36 Å². The van der Waals surface area contributed by atoms with E-state index in [1.54, 1.807) is 12.1 Å². The highest BCUT2D eigenvalue weighted by molar-refractivity contribution is 5.92. The number of pyridine rings is 1. The van der Waals surface area contributed by atoms with E-state index in [-0.39, 0.29) is 5.91 Å². The van der Waals surface area contributed by atoms with Gasteiger partial charge in [-0.1, -0.05) is 0 Å². The first-order chi connectivity index (χ1) is 15.6. The summed E-state index contributed by atoms with van der Waals surface area (Å²) in [4.78, 5) is 26.9. The van der Waals surface area contributed by atoms with Gasteiger partial charge < -0.3 is 25.4 Å². The van der Waals surface area contributed by atoms with Crippen molar-refractivity contribution in [1.29, 1.82) is 0 Å². The average Bonchev–Trinajstić information content (AvgIpc) is 3.30. The number of fused-ring (bicyclic) bond motifs is 3. The molecule has 3 N–H and O–H groups in total. The van der Waals surface area contributed by atoms with Gasteiger partial charge in [0.05, 0.1) is 18.7 Å². The Morgan fingerprint density at radius 2 is 2.09 bits per heavy atom. The maximum Gasteiger partial charge on any atom is 0.229 e. The van der Waals surface area contributed by atoms with Crippen LogP contribution in [0.5, 0.6) is 0 Å². The van der Waals surface area contributed by atoms with E-state index in [4.69, 9.17) is 9.72 Å². The van der Waals surface area contributed by atoms with Gasteiger partial charge in [-0.2, -0.15) is 0 Å². The van der Waals surface area contributed by atoms with E-state index in [2.05, 4.69) is 43.7 Å². The third-order valence-electron chi connectivity index (χ3n) is 5.60. The van der Waals surface area contributed by atoms with E-state index in [1.807, 2.05) is 4.57 Å². The number of amides is 1. The molecule has 1 aromatic carbocycles. The van der Waals surface area contributed by atoms with Crippen LogP contribution in [0.2, 0.25) is 0 Å². The largest absolute Gasteiger partial charge is 0.378 e. The van der Waals surface area contributed by atoms with Crippen molar-refractivity contribution in [3.63, 3.8) is 0 Å². The standard InChI is InChI=1S/C22H25N7O3/c1-14(30)25-19-5-2-15(13-24-19)21(31)27-22-26-18-12-16(28-8-10-32-11-9-28)3-4-17(18)20-23-6-7-29(20)22/h2-5,12-13,21,23,31H,6-11H2,1H3,(H,24,25,30)/b27-22+. The molecule has 0 aliphatic carbocycles. The summed E-state index contributed by atoms with van der Waals surface area (Å²) in [6.07, 6.45) is 0.374. The highest BCUT2D eigenvalue weighted by atomic mass is 16.5. The zero-order valence-corrected chi connectivity index (χ0v) is 17.8. The zero-order valence-electron chi connectivity index (χ0n) is 17.8. The third kappa shape index (κ3) is 4.02. The number of aromatic nitrogens is 3. The van der Waals surface area contributed by atoms with Crippen molar-refractivity contribution in [2.24, 2.45) is 4.99 Å². The van der Waals surface area contributed by atoms with E-state index in [0.717, 1.165) is 48.6 Å². The summed E-state index contributed by atoms with van der Waals surface area (Å²) in [5, 5.41) is 17.8. The van der Waals surface area contributed by atoms with E-state index in [9.17, 15) is 9.90 Å². The number of aliphatic hydroxyl groups is 1. The molecule has 166 valence electrons. The molecule has 32 heavy (non-hydrogen) atoms. The Hall–Kier alpha value is -3.50. The fraction of sp³-hybridized carbons (Fsp3) is 0.364. The number of benzene rings is 1. The maximum absolute atomic E-state index is 11.2. The second-order valence-corrected chi connectivity index (χ2v) is 7.80. The summed E-state index contributed by atoms with van der Waals surface area (Å²) >= 11 is 0. The van der Waals surface area contributed by atoms with Crippen LogP contribution in [0.1, 0.15) is 18.7 Å². The molecule has 0 bridgehead atoms. The molecule has 5 rings (SSSR count). The fourth-order valence-electron chi connectivity index (χ4n) is 4.03. The minimum atomic E-state index is -1.13. The van der Waals surface area contributed by atoms with Crippen molar-refractivity contribution in [2.45, 2.75) is 19.7 Å². The Balaban J connectivity index is 1.52. The Bertz CT molecular complexity index is 1220. The van der Waals surface area contributed by atoms with Crippen LogP contribution in [0.15, 0.2) is 41.5 Å². The molecule has 1 unspecified atom stereocenters. The van der Waals surface area contributed by atoms with Gasteiger partial charge in [-0.25, -0.2) is 15.0 Å². The molecule has 0 spiro atoms. The summed E-state index contributed by atoms with van der Waals surface area (Å²) in [5.74, 6) is 1.17. The summed E-state index contributed by atoms with van der Waals surface area (Å²) in [6.45, 7) is 6.04. The molecule has 1 saturated heterocycles. The van der Waals surface area contributed by atoms with Crippen molar-refractivity contribution in [3.05, 3.63) is 47.7 Å². The predicted molar refractivity (Wildman–Crippen MR) is 120 cm³/mol. The van der Waals surface area contributed by atoms with Crippen LogP contribution < -0.4 is 21.2 Å². The second kappa shape index (κ2) is 8.56. The number of carbonyl (C=O) groups excluding carboxylic acids is 1. The van der Waals surface area contributed by atoms with Gasteiger partial charge in [0.15, 0.2) is 6.23 Å². The number of nitrogens with zero attached hydrogens (tertiary/aromatic N) is 5. The molecular formula is C22H25N7O3. The lowest BCUT2D eigenvalue weighted by Crippen LogP contribution is -2.36. The first-order valence-electron chi connectivity index (χ1n) is 10.6. The van der Waals surface area contributed by atoms with Crippen LogP contribution >= 0.6 is 0 Å². The third-order valence-corrected chi connectivity index (χ3v) is 5.60. The zero-order chi connectivity index (χ0) is 22.1. The van der Waals surface area contributed by atoms with Crippen molar-refractivity contribution in [3.8, 4) is 0 Å². The summed E-state index contributed by atoms with van der Waals surface area (Å²) in [7, 11) is 0. The van der Waals surface area contributed by atoms with Crippen molar-refractivity contribution < 1.29 is 14.6 Å². The van der Waals surface area contributed by atoms with Crippen LogP contribution in [0.25, 0.3) is 10.9 Å². The molecule has 2 aliphatic rings. The van der Waals surface area contributed by atoms with Crippen molar-refractivity contribution >= 4 is 34.1 Å². The smallest absolute Gasteiger partial charge is 0.229 e. The molecule has 0 radical (unpaired) electrons. The van der Waals surface area contributed by atoms with E-state index < -0.39 is 6.23 Å². The van der Waals surface area contributed by atoms with Gasteiger partial charge in [0.1, 0.15) is 11.6 Å². The first kappa shape index (κ1) is 20.4. The Morgan fingerprint density at radius 1 is 1.25 bits per heavy atom. The fourth-order valence-corrected chi connectivity index (χ4v) is 4.03. The monoisotopic (exact) mass is 435 g/mol. The molecule has 2 aliphatic heterocycles. The molecule has 1 amide bonds. The first-order valence-corrected chi connectivity index (χ1v) is 10.6. The SMILES string of the molecule is CC(=O)Nc1ccc(C(O)/N=c2\nc3cc(N4CCOCC4)ccc3c3n2CCN3)cn1. The summed E-state index contributed by atoms with van der Waals surface area (Å²) in [5.41, 5.74) is 2.89. The number of anilines is 3. The van der Waals surface area contributed by atoms with Gasteiger partial charge in [-0.15, -0.1) is 0 Å². The number of aliphatic hydroxyl groups excluding tert-OH is 1. The molecular weight excluding hydrogens is 410 g/mol. The van der Waals surface area contributed by atoms with E-state index in [0.29, 0.717) is 30.2 Å². The normalized spacial score (nSPS) is 17.2. The maximum atomic E-state index is 11.2. The highest BCUT2D eigenvalue weighted by Crippen LogP contribution is 2.27. The number of ether oxygens (including phenoxy) is 1. The topological polar surface area (TPSA) is 117 Å². The minimum Gasteiger partial charge on any atom is -0.378 e. The van der Waals surface area contributed by atoms with Crippen LogP contribution in [0.4, 0.5) is 17.3 Å². The number of carbonyl (C=O) groups is 1. The molecule has 4 heterocycles. The summed E-state index contributed by atoms with van der Waals surface area (Å²) in [6, 6.07) is 9.59. The second-order valence-electron chi connectivity index (χ2n) is 7.80. The quantitative estimate of drug-likeness (QED) is 0.565. The molecule has 10 heteroatoms. The lowest BCUT2D eigenvalue weighted by Gasteiger charge is -2.29.